The molecule has 92 valence electrons. The highest BCUT2D eigenvalue weighted by Crippen LogP contribution is 2.14. The summed E-state index contributed by atoms with van der Waals surface area (Å²) in [6.45, 7) is 2.06. The number of benzene rings is 2. The summed E-state index contributed by atoms with van der Waals surface area (Å²) >= 11 is 5.87. The van der Waals surface area contributed by atoms with Gasteiger partial charge < -0.3 is 0 Å². The molecule has 0 aromatic heterocycles. The van der Waals surface area contributed by atoms with Gasteiger partial charge >= 0.3 is 0 Å². The summed E-state index contributed by atoms with van der Waals surface area (Å²) in [6.07, 6.45) is 1.29. The number of aryl methyl sites for hydroxylation is 2. The molecular weight excluding hydrogens is 244 g/mol. The second kappa shape index (κ2) is 5.83. The van der Waals surface area contributed by atoms with Gasteiger partial charge in [-0.05, 0) is 31.0 Å². The summed E-state index contributed by atoms with van der Waals surface area (Å²) in [5, 5.41) is 0.608. The third-order valence-electron chi connectivity index (χ3n) is 2.87. The molecule has 0 unspecified atom stereocenters. The van der Waals surface area contributed by atoms with Crippen molar-refractivity contribution in [2.45, 2.75) is 19.8 Å². The van der Waals surface area contributed by atoms with E-state index in [1.165, 1.54) is 11.1 Å². The van der Waals surface area contributed by atoms with Crippen LogP contribution in [0.15, 0.2) is 48.5 Å². The van der Waals surface area contributed by atoms with Gasteiger partial charge in [-0.3, -0.25) is 4.79 Å². The van der Waals surface area contributed by atoms with Crippen molar-refractivity contribution < 1.29 is 4.79 Å². The maximum Gasteiger partial charge on any atom is 0.163 e. The van der Waals surface area contributed by atoms with E-state index in [2.05, 4.69) is 25.1 Å². The molecule has 2 aromatic rings. The second-order valence-electron chi connectivity index (χ2n) is 4.42. The number of carbonyl (C=O) groups is 1. The van der Waals surface area contributed by atoms with Gasteiger partial charge in [-0.2, -0.15) is 0 Å². The molecule has 2 heteroatoms. The van der Waals surface area contributed by atoms with Crippen LogP contribution < -0.4 is 0 Å². The van der Waals surface area contributed by atoms with Gasteiger partial charge in [0.1, 0.15) is 0 Å². The van der Waals surface area contributed by atoms with Crippen molar-refractivity contribution in [3.05, 3.63) is 70.2 Å². The molecule has 0 saturated carbocycles. The Morgan fingerprint density at radius 3 is 2.61 bits per heavy atom. The normalized spacial score (nSPS) is 10.3. The summed E-state index contributed by atoms with van der Waals surface area (Å²) in [7, 11) is 0. The number of ketones is 1. The molecule has 0 bridgehead atoms. The van der Waals surface area contributed by atoms with Crippen molar-refractivity contribution in [1.29, 1.82) is 0 Å². The summed E-state index contributed by atoms with van der Waals surface area (Å²) < 4.78 is 0. The minimum atomic E-state index is 0.138. The number of Topliss-reactive ketones (excluding diaryl/α,β-unsaturated/α-hetero) is 1. The van der Waals surface area contributed by atoms with Crippen LogP contribution in [0.5, 0.6) is 0 Å². The second-order valence-corrected chi connectivity index (χ2v) is 4.86. The van der Waals surface area contributed by atoms with Crippen LogP contribution in [0.2, 0.25) is 5.02 Å². The van der Waals surface area contributed by atoms with E-state index in [0.717, 1.165) is 6.42 Å². The Labute approximate surface area is 112 Å². The summed E-state index contributed by atoms with van der Waals surface area (Å²) in [5.74, 6) is 0.138. The van der Waals surface area contributed by atoms with Crippen LogP contribution in [0.25, 0.3) is 0 Å². The first-order valence-electron chi connectivity index (χ1n) is 5.99. The molecule has 0 atom stereocenters. The van der Waals surface area contributed by atoms with Crippen LogP contribution in [0.4, 0.5) is 0 Å². The Balaban J connectivity index is 2.00. The zero-order valence-electron chi connectivity index (χ0n) is 10.3. The van der Waals surface area contributed by atoms with Crippen LogP contribution in [-0.2, 0) is 6.42 Å². The van der Waals surface area contributed by atoms with E-state index >= 15 is 0 Å². The van der Waals surface area contributed by atoms with Crippen LogP contribution in [-0.4, -0.2) is 5.78 Å². The third-order valence-corrected chi connectivity index (χ3v) is 3.10. The van der Waals surface area contributed by atoms with Crippen molar-refractivity contribution in [1.82, 2.24) is 0 Å². The molecule has 0 saturated heterocycles. The predicted molar refractivity (Wildman–Crippen MR) is 75.3 cm³/mol. The molecule has 0 N–H and O–H groups in total. The van der Waals surface area contributed by atoms with Crippen molar-refractivity contribution in [3.8, 4) is 0 Å². The molecular formula is C16H15ClO. The van der Waals surface area contributed by atoms with Gasteiger partial charge in [0.2, 0.25) is 0 Å². The van der Waals surface area contributed by atoms with E-state index in [9.17, 15) is 4.79 Å². The van der Waals surface area contributed by atoms with Crippen molar-refractivity contribution in [3.63, 3.8) is 0 Å². The monoisotopic (exact) mass is 258 g/mol. The van der Waals surface area contributed by atoms with Crippen molar-refractivity contribution >= 4 is 17.4 Å². The van der Waals surface area contributed by atoms with Gasteiger partial charge in [0.05, 0.1) is 0 Å². The van der Waals surface area contributed by atoms with Crippen LogP contribution >= 0.6 is 11.6 Å². The lowest BCUT2D eigenvalue weighted by atomic mass is 10.0. The predicted octanol–water partition coefficient (Wildman–Crippen LogP) is 4.46. The minimum Gasteiger partial charge on any atom is -0.294 e. The van der Waals surface area contributed by atoms with E-state index in [1.807, 2.05) is 18.2 Å². The molecule has 0 amide bonds. The van der Waals surface area contributed by atoms with E-state index < -0.39 is 0 Å². The Kier molecular flexibility index (Phi) is 4.16. The molecule has 18 heavy (non-hydrogen) atoms. The molecule has 2 rings (SSSR count). The van der Waals surface area contributed by atoms with Gasteiger partial charge in [0, 0.05) is 17.0 Å². The smallest absolute Gasteiger partial charge is 0.163 e. The van der Waals surface area contributed by atoms with E-state index in [1.54, 1.807) is 12.1 Å². The van der Waals surface area contributed by atoms with E-state index in [0.29, 0.717) is 17.0 Å². The first-order chi connectivity index (χ1) is 8.65. The van der Waals surface area contributed by atoms with Crippen LogP contribution in [0.3, 0.4) is 0 Å². The fourth-order valence-corrected chi connectivity index (χ4v) is 2.12. The molecule has 0 fully saturated rings. The molecule has 1 nitrogen and oxygen atoms in total. The molecule has 0 spiro atoms. The number of rotatable bonds is 4. The first-order valence-corrected chi connectivity index (χ1v) is 6.37. The van der Waals surface area contributed by atoms with Gasteiger partial charge in [-0.15, -0.1) is 0 Å². The highest BCUT2D eigenvalue weighted by atomic mass is 35.5. The average molecular weight is 259 g/mol. The van der Waals surface area contributed by atoms with Crippen LogP contribution in [0, 0.1) is 6.92 Å². The number of halogens is 1. The molecule has 0 radical (unpaired) electrons. The number of carbonyl (C=O) groups excluding carboxylic acids is 1. The molecule has 0 aliphatic carbocycles. The Hall–Kier alpha value is -1.60. The summed E-state index contributed by atoms with van der Waals surface area (Å²) in [4.78, 5) is 12.0. The fourth-order valence-electron chi connectivity index (χ4n) is 1.93. The highest BCUT2D eigenvalue weighted by Gasteiger charge is 2.06. The maximum atomic E-state index is 12.0. The molecule has 0 aliphatic heterocycles. The quantitative estimate of drug-likeness (QED) is 0.740. The van der Waals surface area contributed by atoms with Gasteiger partial charge in [0.25, 0.3) is 0 Å². The maximum absolute atomic E-state index is 12.0. The first kappa shape index (κ1) is 12.8. The SMILES string of the molecule is Cc1cccc(CCC(=O)c2cccc(Cl)c2)c1. The van der Waals surface area contributed by atoms with Crippen LogP contribution in [0.1, 0.15) is 27.9 Å². The number of hydrogen-bond acceptors (Lipinski definition) is 1. The highest BCUT2D eigenvalue weighted by molar-refractivity contribution is 6.31. The fraction of sp³-hybridized carbons (Fsp3) is 0.188. The zero-order valence-corrected chi connectivity index (χ0v) is 11.1. The third kappa shape index (κ3) is 3.44. The minimum absolute atomic E-state index is 0.138. The van der Waals surface area contributed by atoms with Crippen molar-refractivity contribution in [2.24, 2.45) is 0 Å². The Morgan fingerprint density at radius 2 is 1.89 bits per heavy atom. The van der Waals surface area contributed by atoms with E-state index in [-0.39, 0.29) is 5.78 Å². The molecule has 0 heterocycles. The lowest BCUT2D eigenvalue weighted by Crippen LogP contribution is -2.01. The molecule has 0 aliphatic rings. The summed E-state index contributed by atoms with van der Waals surface area (Å²) in [5.41, 5.74) is 3.11. The van der Waals surface area contributed by atoms with Gasteiger partial charge in [-0.25, -0.2) is 0 Å². The number of hydrogen-bond donors (Lipinski definition) is 0. The Morgan fingerprint density at radius 1 is 1.11 bits per heavy atom. The molecule has 2 aromatic carbocycles. The average Bonchev–Trinajstić information content (AvgIpc) is 2.36. The zero-order chi connectivity index (χ0) is 13.0. The topological polar surface area (TPSA) is 17.1 Å². The van der Waals surface area contributed by atoms with Gasteiger partial charge in [0.15, 0.2) is 5.78 Å². The summed E-state index contributed by atoms with van der Waals surface area (Å²) in [6, 6.07) is 15.4. The lowest BCUT2D eigenvalue weighted by molar-refractivity contribution is 0.0983. The lowest BCUT2D eigenvalue weighted by Gasteiger charge is -2.03. The largest absolute Gasteiger partial charge is 0.294 e. The van der Waals surface area contributed by atoms with Gasteiger partial charge in [-0.1, -0.05) is 53.6 Å². The van der Waals surface area contributed by atoms with E-state index in [4.69, 9.17) is 11.6 Å². The standard InChI is InChI=1S/C16H15ClO/c1-12-4-2-5-13(10-12)8-9-16(18)14-6-3-7-15(17)11-14/h2-7,10-11H,8-9H2,1H3. The van der Waals surface area contributed by atoms with Crippen molar-refractivity contribution in [2.75, 3.05) is 0 Å². The Bertz CT molecular complexity index is 561.